The molecule has 1 unspecified atom stereocenters. The summed E-state index contributed by atoms with van der Waals surface area (Å²) in [4.78, 5) is 23.1. The summed E-state index contributed by atoms with van der Waals surface area (Å²) >= 11 is 0. The van der Waals surface area contributed by atoms with Gasteiger partial charge in [-0.15, -0.1) is 0 Å². The van der Waals surface area contributed by atoms with Crippen molar-refractivity contribution >= 4 is 27.8 Å². The molecule has 7 rings (SSSR count). The molecule has 5 heteroatoms. The minimum absolute atomic E-state index is 0.299. The smallest absolute Gasteiger partial charge is 0.225 e. The summed E-state index contributed by atoms with van der Waals surface area (Å²) in [6.45, 7) is 4.77. The number of nitrogens with zero attached hydrogens (tertiary/aromatic N) is 3. The molecule has 36 heavy (non-hydrogen) atoms. The second-order valence-electron chi connectivity index (χ2n) is 10.6. The monoisotopic (exact) mass is 474 g/mol. The van der Waals surface area contributed by atoms with Crippen LogP contribution in [0.15, 0.2) is 72.9 Å². The topological polar surface area (TPSA) is 53.9 Å². The van der Waals surface area contributed by atoms with Crippen LogP contribution >= 0.6 is 0 Å². The number of carbonyl (C=O) groups excluding carboxylic acids is 1. The Labute approximate surface area is 210 Å². The minimum atomic E-state index is 0.299. The number of benzene rings is 3. The van der Waals surface area contributed by atoms with Crippen LogP contribution in [-0.2, 0) is 11.3 Å². The number of imidazole rings is 1. The van der Waals surface area contributed by atoms with Gasteiger partial charge in [0.15, 0.2) is 0 Å². The van der Waals surface area contributed by atoms with Gasteiger partial charge < -0.3 is 14.5 Å². The first kappa shape index (κ1) is 21.4. The summed E-state index contributed by atoms with van der Waals surface area (Å²) in [6.07, 6.45) is 5.19. The first-order valence-electron chi connectivity index (χ1n) is 13.1. The third kappa shape index (κ3) is 3.79. The van der Waals surface area contributed by atoms with Crippen molar-refractivity contribution in [1.29, 1.82) is 0 Å². The third-order valence-electron chi connectivity index (χ3n) is 7.90. The molecule has 180 valence electrons. The molecule has 1 aliphatic carbocycles. The fraction of sp³-hybridized carbons (Fsp3) is 0.290. The number of rotatable bonds is 5. The van der Waals surface area contributed by atoms with E-state index in [1.807, 2.05) is 6.20 Å². The second-order valence-corrected chi connectivity index (χ2v) is 10.6. The molecule has 0 bridgehead atoms. The Morgan fingerprint density at radius 1 is 0.944 bits per heavy atom. The molecule has 0 radical (unpaired) electrons. The van der Waals surface area contributed by atoms with Crippen molar-refractivity contribution in [3.8, 4) is 22.5 Å². The molecule has 2 aromatic heterocycles. The predicted molar refractivity (Wildman–Crippen MR) is 145 cm³/mol. The number of carbonyl (C=O) groups is 1. The highest BCUT2D eigenvalue weighted by atomic mass is 16.2. The van der Waals surface area contributed by atoms with Gasteiger partial charge in [-0.25, -0.2) is 4.98 Å². The van der Waals surface area contributed by atoms with Crippen molar-refractivity contribution in [3.63, 3.8) is 0 Å². The van der Waals surface area contributed by atoms with Crippen LogP contribution in [0, 0.1) is 18.8 Å². The molecule has 2 fully saturated rings. The fourth-order valence-corrected chi connectivity index (χ4v) is 5.71. The van der Waals surface area contributed by atoms with Crippen LogP contribution in [-0.4, -0.2) is 38.4 Å². The number of nitrogens with one attached hydrogen (secondary N) is 1. The molecule has 2 aliphatic rings. The summed E-state index contributed by atoms with van der Waals surface area (Å²) in [7, 11) is 0. The molecule has 1 aliphatic heterocycles. The van der Waals surface area contributed by atoms with Crippen molar-refractivity contribution in [2.24, 2.45) is 11.8 Å². The standard InChI is InChI=1S/C31H30N4O/c1-20-2-10-28-29(16-20)35(19-21-13-15-34(18-21)31(36)24-7-8-24)30(33-28)23-5-3-22(4-6-23)25-9-11-27-26(17-25)12-14-32-27/h2-6,9-12,14,16-17,21,24,32H,7-8,13,15,18-19H2,1H3. The van der Waals surface area contributed by atoms with Crippen LogP contribution in [0.2, 0.25) is 0 Å². The molecule has 1 saturated carbocycles. The van der Waals surface area contributed by atoms with E-state index >= 15 is 0 Å². The Kier molecular flexibility index (Phi) is 4.98. The van der Waals surface area contributed by atoms with E-state index in [4.69, 9.17) is 4.98 Å². The lowest BCUT2D eigenvalue weighted by Crippen LogP contribution is -2.30. The largest absolute Gasteiger partial charge is 0.361 e. The second kappa shape index (κ2) is 8.37. The summed E-state index contributed by atoms with van der Waals surface area (Å²) in [5.74, 6) is 2.14. The molecule has 5 aromatic rings. The van der Waals surface area contributed by atoms with E-state index < -0.39 is 0 Å². The average molecular weight is 475 g/mol. The lowest BCUT2D eigenvalue weighted by atomic mass is 10.0. The Bertz CT molecular complexity index is 1590. The van der Waals surface area contributed by atoms with Gasteiger partial charge in [-0.3, -0.25) is 4.79 Å². The first-order chi connectivity index (χ1) is 17.6. The number of hydrogen-bond donors (Lipinski definition) is 1. The van der Waals surface area contributed by atoms with Gasteiger partial charge in [-0.2, -0.15) is 0 Å². The maximum Gasteiger partial charge on any atom is 0.225 e. The van der Waals surface area contributed by atoms with Crippen LogP contribution in [0.3, 0.4) is 0 Å². The lowest BCUT2D eigenvalue weighted by Gasteiger charge is -2.18. The van der Waals surface area contributed by atoms with E-state index in [9.17, 15) is 4.79 Å². The van der Waals surface area contributed by atoms with E-state index in [2.05, 4.69) is 88.1 Å². The summed E-state index contributed by atoms with van der Waals surface area (Å²) < 4.78 is 2.39. The van der Waals surface area contributed by atoms with Crippen LogP contribution in [0.25, 0.3) is 44.5 Å². The van der Waals surface area contributed by atoms with Crippen LogP contribution in [0.4, 0.5) is 0 Å². The summed E-state index contributed by atoms with van der Waals surface area (Å²) in [5.41, 5.74) is 8.14. The van der Waals surface area contributed by atoms with E-state index in [1.54, 1.807) is 0 Å². The normalized spacial score (nSPS) is 17.9. The minimum Gasteiger partial charge on any atom is -0.361 e. The quantitative estimate of drug-likeness (QED) is 0.320. The van der Waals surface area contributed by atoms with E-state index in [0.29, 0.717) is 17.7 Å². The zero-order valence-electron chi connectivity index (χ0n) is 20.6. The van der Waals surface area contributed by atoms with Gasteiger partial charge in [0.05, 0.1) is 11.0 Å². The maximum atomic E-state index is 12.6. The van der Waals surface area contributed by atoms with Crippen molar-refractivity contribution in [1.82, 2.24) is 19.4 Å². The zero-order chi connectivity index (χ0) is 24.2. The third-order valence-corrected chi connectivity index (χ3v) is 7.90. The predicted octanol–water partition coefficient (Wildman–Crippen LogP) is 6.42. The van der Waals surface area contributed by atoms with E-state index in [1.165, 1.54) is 27.6 Å². The molecule has 1 N–H and O–H groups in total. The highest BCUT2D eigenvalue weighted by molar-refractivity contribution is 5.86. The maximum absolute atomic E-state index is 12.6. The van der Waals surface area contributed by atoms with Gasteiger partial charge in [0.1, 0.15) is 5.82 Å². The van der Waals surface area contributed by atoms with Gasteiger partial charge in [0, 0.05) is 42.8 Å². The molecule has 1 amide bonds. The summed E-state index contributed by atoms with van der Waals surface area (Å²) in [6, 6.07) is 23.9. The number of hydrogen-bond acceptors (Lipinski definition) is 2. The van der Waals surface area contributed by atoms with Crippen molar-refractivity contribution < 1.29 is 4.79 Å². The zero-order valence-corrected chi connectivity index (χ0v) is 20.6. The van der Waals surface area contributed by atoms with Crippen LogP contribution < -0.4 is 0 Å². The number of fused-ring (bicyclic) bond motifs is 2. The van der Waals surface area contributed by atoms with Crippen molar-refractivity contribution in [2.45, 2.75) is 32.7 Å². The van der Waals surface area contributed by atoms with Gasteiger partial charge in [-0.05, 0) is 84.5 Å². The Morgan fingerprint density at radius 3 is 2.58 bits per heavy atom. The molecule has 5 nitrogen and oxygen atoms in total. The molecular formula is C31H30N4O. The van der Waals surface area contributed by atoms with Crippen LogP contribution in [0.1, 0.15) is 24.8 Å². The highest BCUT2D eigenvalue weighted by Crippen LogP contribution is 2.34. The van der Waals surface area contributed by atoms with Crippen molar-refractivity contribution in [3.05, 3.63) is 78.5 Å². The summed E-state index contributed by atoms with van der Waals surface area (Å²) in [5, 5.41) is 1.22. The van der Waals surface area contributed by atoms with Crippen molar-refractivity contribution in [2.75, 3.05) is 13.1 Å². The molecule has 3 aromatic carbocycles. The molecule has 1 saturated heterocycles. The lowest BCUT2D eigenvalue weighted by molar-refractivity contribution is -0.131. The number of aromatic nitrogens is 3. The average Bonchev–Trinajstić information content (AvgIpc) is 3.30. The Balaban J connectivity index is 1.21. The highest BCUT2D eigenvalue weighted by Gasteiger charge is 2.36. The van der Waals surface area contributed by atoms with Gasteiger partial charge in [0.2, 0.25) is 5.91 Å². The molecule has 3 heterocycles. The Morgan fingerprint density at radius 2 is 1.75 bits per heavy atom. The Hall–Kier alpha value is -3.86. The number of likely N-dealkylation sites (tertiary alicyclic amines) is 1. The number of aromatic amines is 1. The number of amides is 1. The number of aryl methyl sites for hydroxylation is 1. The van der Waals surface area contributed by atoms with Gasteiger partial charge in [-0.1, -0.05) is 36.4 Å². The first-order valence-corrected chi connectivity index (χ1v) is 13.1. The molecular weight excluding hydrogens is 444 g/mol. The van der Waals surface area contributed by atoms with Gasteiger partial charge >= 0.3 is 0 Å². The SMILES string of the molecule is Cc1ccc2nc(-c3ccc(-c4ccc5[nH]ccc5c4)cc3)n(CC3CCN(C(=O)C4CC4)C3)c2c1. The van der Waals surface area contributed by atoms with E-state index in [-0.39, 0.29) is 0 Å². The molecule has 0 spiro atoms. The van der Waals surface area contributed by atoms with Crippen LogP contribution in [0.5, 0.6) is 0 Å². The van der Waals surface area contributed by atoms with Gasteiger partial charge in [0.25, 0.3) is 0 Å². The van der Waals surface area contributed by atoms with E-state index in [0.717, 1.165) is 61.3 Å². The molecule has 1 atom stereocenters. The number of H-pyrrole nitrogens is 1. The fourth-order valence-electron chi connectivity index (χ4n) is 5.71.